The number of rotatable bonds is 6. The molecular formula is C20H16Cl2N6O2. The molecular weight excluding hydrogens is 427 g/mol. The summed E-state index contributed by atoms with van der Waals surface area (Å²) >= 11 is 11.9. The molecule has 0 saturated carbocycles. The number of hydrogen-bond acceptors (Lipinski definition) is 6. The van der Waals surface area contributed by atoms with Gasteiger partial charge in [0.05, 0.1) is 17.9 Å². The van der Waals surface area contributed by atoms with Gasteiger partial charge in [-0.05, 0) is 48.9 Å². The number of amides is 1. The average molecular weight is 443 g/mol. The van der Waals surface area contributed by atoms with E-state index in [1.54, 1.807) is 41.1 Å². The second-order valence-electron chi connectivity index (χ2n) is 6.33. The van der Waals surface area contributed by atoms with Gasteiger partial charge in [0, 0.05) is 15.6 Å². The lowest BCUT2D eigenvalue weighted by atomic mass is 10.2. The molecule has 0 unspecified atom stereocenters. The highest BCUT2D eigenvalue weighted by Crippen LogP contribution is 2.19. The van der Waals surface area contributed by atoms with Gasteiger partial charge in [-0.25, -0.2) is 4.68 Å². The summed E-state index contributed by atoms with van der Waals surface area (Å²) in [7, 11) is 0. The minimum atomic E-state index is -0.383. The molecule has 0 saturated heterocycles. The van der Waals surface area contributed by atoms with Crippen LogP contribution in [-0.4, -0.2) is 31.0 Å². The lowest BCUT2D eigenvalue weighted by molar-refractivity contribution is 0.0940. The van der Waals surface area contributed by atoms with Crippen LogP contribution in [0.5, 0.6) is 0 Å². The van der Waals surface area contributed by atoms with Crippen LogP contribution in [0.4, 0.5) is 0 Å². The molecule has 0 fully saturated rings. The number of carbonyl (C=O) groups excluding carboxylic acids is 1. The fraction of sp³-hybridized carbons (Fsp3) is 0.150. The van der Waals surface area contributed by atoms with E-state index in [1.807, 2.05) is 19.1 Å². The molecule has 0 bridgehead atoms. The summed E-state index contributed by atoms with van der Waals surface area (Å²) in [4.78, 5) is 17.0. The second kappa shape index (κ2) is 8.64. The van der Waals surface area contributed by atoms with E-state index in [-0.39, 0.29) is 24.0 Å². The van der Waals surface area contributed by atoms with Crippen molar-refractivity contribution in [3.8, 4) is 17.1 Å². The third-order valence-corrected chi connectivity index (χ3v) is 4.82. The maximum Gasteiger partial charge on any atom is 0.274 e. The zero-order valence-corrected chi connectivity index (χ0v) is 17.4. The number of benzene rings is 2. The zero-order valence-electron chi connectivity index (χ0n) is 15.8. The van der Waals surface area contributed by atoms with Gasteiger partial charge in [-0.3, -0.25) is 4.79 Å². The van der Waals surface area contributed by atoms with Gasteiger partial charge in [0.25, 0.3) is 5.91 Å². The molecule has 0 atom stereocenters. The molecule has 4 aromatic rings. The minimum Gasteiger partial charge on any atom is -0.341 e. The van der Waals surface area contributed by atoms with Crippen LogP contribution in [0.2, 0.25) is 10.0 Å². The molecule has 0 aliphatic rings. The largest absolute Gasteiger partial charge is 0.341 e. The van der Waals surface area contributed by atoms with E-state index in [4.69, 9.17) is 27.7 Å². The van der Waals surface area contributed by atoms with Crippen LogP contribution < -0.4 is 5.32 Å². The predicted octanol–water partition coefficient (Wildman–Crippen LogP) is 4.12. The standard InChI is InChI=1S/C20H16Cl2N6O2/c1-2-16-18(25-27-28(16)15-5-3-4-14(22)10-15)20(29)23-11-17-24-19(26-30-17)12-6-8-13(21)9-7-12/h3-10H,2,11H2,1H3,(H,23,29). The monoisotopic (exact) mass is 442 g/mol. The van der Waals surface area contributed by atoms with Crippen molar-refractivity contribution in [1.82, 2.24) is 30.5 Å². The predicted molar refractivity (Wildman–Crippen MR) is 112 cm³/mol. The van der Waals surface area contributed by atoms with Gasteiger partial charge in [-0.1, -0.05) is 46.6 Å². The van der Waals surface area contributed by atoms with Crippen molar-refractivity contribution in [2.24, 2.45) is 0 Å². The van der Waals surface area contributed by atoms with E-state index in [2.05, 4.69) is 25.8 Å². The summed E-state index contributed by atoms with van der Waals surface area (Å²) in [5.41, 5.74) is 2.39. The van der Waals surface area contributed by atoms with E-state index in [1.165, 1.54) is 0 Å². The van der Waals surface area contributed by atoms with E-state index < -0.39 is 0 Å². The fourth-order valence-corrected chi connectivity index (χ4v) is 3.20. The van der Waals surface area contributed by atoms with E-state index in [0.29, 0.717) is 28.0 Å². The van der Waals surface area contributed by atoms with Gasteiger partial charge in [-0.15, -0.1) is 5.10 Å². The maximum atomic E-state index is 12.7. The number of nitrogens with one attached hydrogen (secondary N) is 1. The van der Waals surface area contributed by atoms with Gasteiger partial charge >= 0.3 is 0 Å². The van der Waals surface area contributed by atoms with E-state index >= 15 is 0 Å². The van der Waals surface area contributed by atoms with Crippen molar-refractivity contribution in [3.63, 3.8) is 0 Å². The average Bonchev–Trinajstić information content (AvgIpc) is 3.39. The molecule has 0 aliphatic carbocycles. The number of nitrogens with zero attached hydrogens (tertiary/aromatic N) is 5. The summed E-state index contributed by atoms with van der Waals surface area (Å²) in [6.45, 7) is 1.99. The first kappa shape index (κ1) is 20.1. The quantitative estimate of drug-likeness (QED) is 0.482. The number of aromatic nitrogens is 5. The van der Waals surface area contributed by atoms with Crippen LogP contribution in [0.3, 0.4) is 0 Å². The molecule has 2 aromatic heterocycles. The molecule has 2 heterocycles. The second-order valence-corrected chi connectivity index (χ2v) is 7.20. The smallest absolute Gasteiger partial charge is 0.274 e. The van der Waals surface area contributed by atoms with E-state index in [0.717, 1.165) is 11.3 Å². The Hall–Kier alpha value is -3.23. The van der Waals surface area contributed by atoms with Crippen molar-refractivity contribution in [2.75, 3.05) is 0 Å². The molecule has 2 aromatic carbocycles. The summed E-state index contributed by atoms with van der Waals surface area (Å²) in [6, 6.07) is 14.2. The Labute approximate surface area is 181 Å². The van der Waals surface area contributed by atoms with Crippen molar-refractivity contribution in [1.29, 1.82) is 0 Å². The first-order chi connectivity index (χ1) is 14.5. The van der Waals surface area contributed by atoms with Crippen LogP contribution in [-0.2, 0) is 13.0 Å². The molecule has 10 heteroatoms. The molecule has 1 N–H and O–H groups in total. The van der Waals surface area contributed by atoms with Crippen molar-refractivity contribution < 1.29 is 9.32 Å². The lowest BCUT2D eigenvalue weighted by Crippen LogP contribution is -2.24. The van der Waals surface area contributed by atoms with Crippen molar-refractivity contribution in [3.05, 3.63) is 75.9 Å². The Morgan fingerprint density at radius 2 is 1.93 bits per heavy atom. The highest BCUT2D eigenvalue weighted by molar-refractivity contribution is 6.31. The highest BCUT2D eigenvalue weighted by atomic mass is 35.5. The normalized spacial score (nSPS) is 10.9. The number of hydrogen-bond donors (Lipinski definition) is 1. The Morgan fingerprint density at radius 1 is 1.13 bits per heavy atom. The zero-order chi connectivity index (χ0) is 21.1. The van der Waals surface area contributed by atoms with Crippen LogP contribution in [0.1, 0.15) is 29.0 Å². The molecule has 0 radical (unpaired) electrons. The van der Waals surface area contributed by atoms with Crippen LogP contribution in [0, 0.1) is 0 Å². The minimum absolute atomic E-state index is 0.0621. The first-order valence-corrected chi connectivity index (χ1v) is 9.88. The van der Waals surface area contributed by atoms with Crippen molar-refractivity contribution in [2.45, 2.75) is 19.9 Å². The third-order valence-electron chi connectivity index (χ3n) is 4.34. The third kappa shape index (κ3) is 4.19. The molecule has 4 rings (SSSR count). The lowest BCUT2D eigenvalue weighted by Gasteiger charge is -2.06. The topological polar surface area (TPSA) is 98.7 Å². The molecule has 8 nitrogen and oxygen atoms in total. The van der Waals surface area contributed by atoms with Gasteiger partial charge in [0.15, 0.2) is 5.69 Å². The Kier molecular flexibility index (Phi) is 5.78. The SMILES string of the molecule is CCc1c(C(=O)NCc2nc(-c3ccc(Cl)cc3)no2)nnn1-c1cccc(Cl)c1. The molecule has 30 heavy (non-hydrogen) atoms. The van der Waals surface area contributed by atoms with Crippen LogP contribution in [0.25, 0.3) is 17.1 Å². The van der Waals surface area contributed by atoms with Gasteiger partial charge in [0.1, 0.15) is 0 Å². The molecule has 0 aliphatic heterocycles. The Bertz CT molecular complexity index is 1190. The van der Waals surface area contributed by atoms with Crippen LogP contribution in [0.15, 0.2) is 53.1 Å². The summed E-state index contributed by atoms with van der Waals surface area (Å²) in [5.74, 6) is 0.303. The fourth-order valence-electron chi connectivity index (χ4n) is 2.89. The highest BCUT2D eigenvalue weighted by Gasteiger charge is 2.20. The first-order valence-electron chi connectivity index (χ1n) is 9.12. The summed E-state index contributed by atoms with van der Waals surface area (Å²) < 4.78 is 6.82. The molecule has 1 amide bonds. The van der Waals surface area contributed by atoms with Gasteiger partial charge < -0.3 is 9.84 Å². The van der Waals surface area contributed by atoms with E-state index in [9.17, 15) is 4.79 Å². The Morgan fingerprint density at radius 3 is 2.67 bits per heavy atom. The van der Waals surface area contributed by atoms with Crippen LogP contribution >= 0.6 is 23.2 Å². The number of halogens is 2. The molecule has 0 spiro atoms. The Balaban J connectivity index is 1.48. The van der Waals surface area contributed by atoms with Gasteiger partial charge in [0.2, 0.25) is 11.7 Å². The summed E-state index contributed by atoms with van der Waals surface area (Å²) in [6.07, 6.45) is 0.559. The maximum absolute atomic E-state index is 12.7. The van der Waals surface area contributed by atoms with Crippen molar-refractivity contribution >= 4 is 29.1 Å². The van der Waals surface area contributed by atoms with Gasteiger partial charge in [-0.2, -0.15) is 4.98 Å². The summed E-state index contributed by atoms with van der Waals surface area (Å²) in [5, 5.41) is 16.0. The number of carbonyl (C=O) groups is 1. The molecule has 152 valence electrons.